The number of likely N-dealkylation sites (tertiary alicyclic amines) is 1. The summed E-state index contributed by atoms with van der Waals surface area (Å²) in [7, 11) is 0. The Balaban J connectivity index is 1.82. The molecule has 1 N–H and O–H groups in total. The highest BCUT2D eigenvalue weighted by atomic mass is 35.5. The SMILES string of the molecule is CC(C)(C)OC(=O)N[C@@]1(C)CN(Cc2ccccc2)C[C@@H]1c1ccc(Cl)cc1. The molecule has 0 aliphatic carbocycles. The van der Waals surface area contributed by atoms with Crippen molar-refractivity contribution in [3.8, 4) is 0 Å². The van der Waals surface area contributed by atoms with E-state index in [2.05, 4.69) is 41.4 Å². The summed E-state index contributed by atoms with van der Waals surface area (Å²) in [6.07, 6.45) is -0.379. The van der Waals surface area contributed by atoms with Gasteiger partial charge in [-0.25, -0.2) is 4.79 Å². The molecule has 0 unspecified atom stereocenters. The summed E-state index contributed by atoms with van der Waals surface area (Å²) in [6.45, 7) is 10.2. The van der Waals surface area contributed by atoms with Gasteiger partial charge in [-0.2, -0.15) is 0 Å². The summed E-state index contributed by atoms with van der Waals surface area (Å²) in [5, 5.41) is 3.87. The van der Waals surface area contributed by atoms with Gasteiger partial charge in [-0.1, -0.05) is 54.1 Å². The number of hydrogen-bond acceptors (Lipinski definition) is 3. The van der Waals surface area contributed by atoms with Crippen LogP contribution in [0.5, 0.6) is 0 Å². The molecular formula is C23H29ClN2O2. The Labute approximate surface area is 172 Å². The van der Waals surface area contributed by atoms with Crippen molar-refractivity contribution < 1.29 is 9.53 Å². The van der Waals surface area contributed by atoms with Crippen LogP contribution in [-0.2, 0) is 11.3 Å². The summed E-state index contributed by atoms with van der Waals surface area (Å²) >= 11 is 6.08. The van der Waals surface area contributed by atoms with E-state index >= 15 is 0 Å². The molecule has 28 heavy (non-hydrogen) atoms. The number of hydrogen-bond donors (Lipinski definition) is 1. The molecule has 1 heterocycles. The molecule has 0 spiro atoms. The highest BCUT2D eigenvalue weighted by molar-refractivity contribution is 6.30. The molecule has 0 aromatic heterocycles. The van der Waals surface area contributed by atoms with E-state index in [-0.39, 0.29) is 12.0 Å². The van der Waals surface area contributed by atoms with Crippen molar-refractivity contribution in [1.29, 1.82) is 0 Å². The minimum atomic E-state index is -0.529. The van der Waals surface area contributed by atoms with E-state index in [1.165, 1.54) is 11.1 Å². The number of nitrogens with one attached hydrogen (secondary N) is 1. The Bertz CT molecular complexity index is 802. The van der Waals surface area contributed by atoms with E-state index in [1.54, 1.807) is 0 Å². The maximum atomic E-state index is 12.5. The lowest BCUT2D eigenvalue weighted by Crippen LogP contribution is -2.52. The second kappa shape index (κ2) is 8.14. The first-order valence-electron chi connectivity index (χ1n) is 9.67. The van der Waals surface area contributed by atoms with Gasteiger partial charge >= 0.3 is 6.09 Å². The number of amides is 1. The zero-order valence-electron chi connectivity index (χ0n) is 17.0. The predicted octanol–water partition coefficient (Wildman–Crippen LogP) is 5.22. The van der Waals surface area contributed by atoms with Gasteiger partial charge in [-0.3, -0.25) is 4.90 Å². The molecule has 0 bridgehead atoms. The average molecular weight is 401 g/mol. The molecule has 1 aliphatic rings. The number of halogens is 1. The van der Waals surface area contributed by atoms with Gasteiger partial charge in [0, 0.05) is 30.6 Å². The molecule has 0 radical (unpaired) electrons. The maximum Gasteiger partial charge on any atom is 0.408 e. The first-order valence-corrected chi connectivity index (χ1v) is 10.1. The molecule has 150 valence electrons. The molecule has 2 atom stereocenters. The zero-order chi connectivity index (χ0) is 20.4. The minimum absolute atomic E-state index is 0.140. The van der Waals surface area contributed by atoms with E-state index in [0.29, 0.717) is 5.02 Å². The van der Waals surface area contributed by atoms with Gasteiger partial charge in [-0.15, -0.1) is 0 Å². The number of alkyl carbamates (subject to hydrolysis) is 1. The Morgan fingerprint density at radius 1 is 1.18 bits per heavy atom. The quantitative estimate of drug-likeness (QED) is 0.764. The Kier molecular flexibility index (Phi) is 6.01. The van der Waals surface area contributed by atoms with E-state index in [9.17, 15) is 4.79 Å². The standard InChI is InChI=1S/C23H29ClN2O2/c1-22(2,3)28-21(27)25-23(4)16-26(14-17-8-6-5-7-9-17)15-20(23)18-10-12-19(24)13-11-18/h5-13,20H,14-16H2,1-4H3,(H,25,27)/t20-,23+/m1/s1. The van der Waals surface area contributed by atoms with Gasteiger partial charge in [0.1, 0.15) is 5.60 Å². The van der Waals surface area contributed by atoms with Crippen molar-refractivity contribution in [1.82, 2.24) is 10.2 Å². The van der Waals surface area contributed by atoms with Crippen LogP contribution in [0.2, 0.25) is 5.02 Å². The molecule has 2 aromatic carbocycles. The van der Waals surface area contributed by atoms with Crippen molar-refractivity contribution >= 4 is 17.7 Å². The number of rotatable bonds is 4. The van der Waals surface area contributed by atoms with E-state index in [4.69, 9.17) is 16.3 Å². The van der Waals surface area contributed by atoms with Crippen LogP contribution in [0.15, 0.2) is 54.6 Å². The lowest BCUT2D eigenvalue weighted by Gasteiger charge is -2.33. The van der Waals surface area contributed by atoms with Gasteiger partial charge in [0.2, 0.25) is 0 Å². The number of carbonyl (C=O) groups excluding carboxylic acids is 1. The molecule has 2 aromatic rings. The van der Waals surface area contributed by atoms with Gasteiger partial charge in [0.25, 0.3) is 0 Å². The van der Waals surface area contributed by atoms with Gasteiger partial charge in [0.15, 0.2) is 0 Å². The smallest absolute Gasteiger partial charge is 0.408 e. The second-order valence-corrected chi connectivity index (χ2v) is 9.24. The third kappa shape index (κ3) is 5.27. The molecule has 0 saturated carbocycles. The van der Waals surface area contributed by atoms with E-state index < -0.39 is 11.1 Å². The highest BCUT2D eigenvalue weighted by Gasteiger charge is 2.45. The van der Waals surface area contributed by atoms with Crippen molar-refractivity contribution in [2.45, 2.75) is 51.3 Å². The normalized spacial score (nSPS) is 22.8. The van der Waals surface area contributed by atoms with Gasteiger partial charge < -0.3 is 10.1 Å². The summed E-state index contributed by atoms with van der Waals surface area (Å²) in [4.78, 5) is 14.9. The monoisotopic (exact) mass is 400 g/mol. The Hall–Kier alpha value is -2.04. The summed E-state index contributed by atoms with van der Waals surface area (Å²) in [6, 6.07) is 18.3. The van der Waals surface area contributed by atoms with Crippen molar-refractivity contribution in [2.75, 3.05) is 13.1 Å². The number of nitrogens with zero attached hydrogens (tertiary/aromatic N) is 1. The van der Waals surface area contributed by atoms with Gasteiger partial charge in [-0.05, 0) is 51.0 Å². The van der Waals surface area contributed by atoms with E-state index in [1.807, 2.05) is 51.1 Å². The summed E-state index contributed by atoms with van der Waals surface area (Å²) in [5.41, 5.74) is 1.46. The number of ether oxygens (including phenoxy) is 1. The fraction of sp³-hybridized carbons (Fsp3) is 0.435. The van der Waals surface area contributed by atoms with Crippen LogP contribution >= 0.6 is 11.6 Å². The summed E-state index contributed by atoms with van der Waals surface area (Å²) in [5.74, 6) is 0.140. The largest absolute Gasteiger partial charge is 0.444 e. The van der Waals surface area contributed by atoms with Crippen molar-refractivity contribution in [2.24, 2.45) is 0 Å². The van der Waals surface area contributed by atoms with Crippen molar-refractivity contribution in [3.63, 3.8) is 0 Å². The first-order chi connectivity index (χ1) is 13.1. The molecular weight excluding hydrogens is 372 g/mol. The third-order valence-electron chi connectivity index (χ3n) is 5.07. The van der Waals surface area contributed by atoms with Crippen LogP contribution in [0, 0.1) is 0 Å². The second-order valence-electron chi connectivity index (χ2n) is 8.80. The lowest BCUT2D eigenvalue weighted by molar-refractivity contribution is 0.0459. The molecule has 4 nitrogen and oxygen atoms in total. The maximum absolute atomic E-state index is 12.5. The first kappa shape index (κ1) is 20.7. The van der Waals surface area contributed by atoms with Crippen LogP contribution < -0.4 is 5.32 Å². The molecule has 1 amide bonds. The Morgan fingerprint density at radius 2 is 1.82 bits per heavy atom. The van der Waals surface area contributed by atoms with Crippen LogP contribution in [0.3, 0.4) is 0 Å². The number of carbonyl (C=O) groups is 1. The van der Waals surface area contributed by atoms with Crippen molar-refractivity contribution in [3.05, 3.63) is 70.7 Å². The Morgan fingerprint density at radius 3 is 2.43 bits per heavy atom. The van der Waals surface area contributed by atoms with Crippen LogP contribution in [0.25, 0.3) is 0 Å². The molecule has 1 fully saturated rings. The zero-order valence-corrected chi connectivity index (χ0v) is 17.8. The molecule has 5 heteroatoms. The minimum Gasteiger partial charge on any atom is -0.444 e. The van der Waals surface area contributed by atoms with Crippen LogP contribution in [0.4, 0.5) is 4.79 Å². The molecule has 1 saturated heterocycles. The predicted molar refractivity (Wildman–Crippen MR) is 114 cm³/mol. The third-order valence-corrected chi connectivity index (χ3v) is 5.32. The average Bonchev–Trinajstić information content (AvgIpc) is 2.90. The molecule has 3 rings (SSSR count). The van der Waals surface area contributed by atoms with Crippen LogP contribution in [0.1, 0.15) is 44.7 Å². The summed E-state index contributed by atoms with van der Waals surface area (Å²) < 4.78 is 5.53. The molecule has 1 aliphatic heterocycles. The van der Waals surface area contributed by atoms with Gasteiger partial charge in [0.05, 0.1) is 5.54 Å². The topological polar surface area (TPSA) is 41.6 Å². The fourth-order valence-electron chi connectivity index (χ4n) is 3.89. The lowest BCUT2D eigenvalue weighted by atomic mass is 9.83. The number of benzene rings is 2. The fourth-order valence-corrected chi connectivity index (χ4v) is 4.02. The van der Waals surface area contributed by atoms with E-state index in [0.717, 1.165) is 19.6 Å². The van der Waals surface area contributed by atoms with Crippen LogP contribution in [-0.4, -0.2) is 35.2 Å². The highest BCUT2D eigenvalue weighted by Crippen LogP contribution is 2.37.